The van der Waals surface area contributed by atoms with E-state index < -0.39 is 0 Å². The number of hydrogen-bond acceptors (Lipinski definition) is 3. The summed E-state index contributed by atoms with van der Waals surface area (Å²) < 4.78 is 5.46. The van der Waals surface area contributed by atoms with E-state index in [2.05, 4.69) is 5.32 Å². The fraction of sp³-hybridized carbons (Fsp3) is 0.455. The van der Waals surface area contributed by atoms with Crippen LogP contribution in [0.15, 0.2) is 24.3 Å². The van der Waals surface area contributed by atoms with E-state index in [0.717, 1.165) is 25.1 Å². The monoisotopic (exact) mass is 193 g/mol. The second kappa shape index (κ2) is 3.59. The first-order valence-electron chi connectivity index (χ1n) is 4.78. The number of phenols is 1. The molecule has 1 aromatic carbocycles. The quantitative estimate of drug-likeness (QED) is 0.750. The van der Waals surface area contributed by atoms with E-state index in [1.54, 1.807) is 13.2 Å². The van der Waals surface area contributed by atoms with Crippen LogP contribution in [0.3, 0.4) is 0 Å². The lowest BCUT2D eigenvalue weighted by Crippen LogP contribution is -2.61. The number of aromatic hydroxyl groups is 1. The minimum Gasteiger partial charge on any atom is -0.508 e. The van der Waals surface area contributed by atoms with Crippen molar-refractivity contribution in [3.63, 3.8) is 0 Å². The molecule has 2 rings (SSSR count). The van der Waals surface area contributed by atoms with Crippen molar-refractivity contribution in [2.24, 2.45) is 0 Å². The van der Waals surface area contributed by atoms with Gasteiger partial charge in [0, 0.05) is 26.6 Å². The van der Waals surface area contributed by atoms with Gasteiger partial charge in [-0.15, -0.1) is 0 Å². The Kier molecular flexibility index (Phi) is 2.44. The number of benzene rings is 1. The molecule has 1 heterocycles. The fourth-order valence-corrected chi connectivity index (χ4v) is 1.75. The predicted octanol–water partition coefficient (Wildman–Crippen LogP) is 0.923. The van der Waals surface area contributed by atoms with Gasteiger partial charge in [0.25, 0.3) is 0 Å². The summed E-state index contributed by atoms with van der Waals surface area (Å²) in [5.41, 5.74) is 0.842. The lowest BCUT2D eigenvalue weighted by atomic mass is 9.88. The molecule has 2 N–H and O–H groups in total. The third-order valence-electron chi connectivity index (χ3n) is 2.83. The van der Waals surface area contributed by atoms with Gasteiger partial charge in [-0.1, -0.05) is 18.2 Å². The van der Waals surface area contributed by atoms with Crippen LogP contribution in [0.1, 0.15) is 5.56 Å². The Morgan fingerprint density at radius 3 is 2.64 bits per heavy atom. The number of para-hydroxylation sites is 1. The SMILES string of the molecule is COC1(Cc2ccccc2O)CNC1. The first kappa shape index (κ1) is 9.49. The van der Waals surface area contributed by atoms with Crippen LogP contribution in [0.5, 0.6) is 5.75 Å². The zero-order valence-corrected chi connectivity index (χ0v) is 8.29. The first-order chi connectivity index (χ1) is 6.76. The zero-order chi connectivity index (χ0) is 10.0. The topological polar surface area (TPSA) is 41.5 Å². The predicted molar refractivity (Wildman–Crippen MR) is 54.4 cm³/mol. The van der Waals surface area contributed by atoms with Gasteiger partial charge >= 0.3 is 0 Å². The van der Waals surface area contributed by atoms with E-state index in [1.807, 2.05) is 18.2 Å². The highest BCUT2D eigenvalue weighted by atomic mass is 16.5. The Morgan fingerprint density at radius 2 is 2.14 bits per heavy atom. The number of methoxy groups -OCH3 is 1. The van der Waals surface area contributed by atoms with Crippen molar-refractivity contribution in [2.45, 2.75) is 12.0 Å². The molecule has 0 atom stereocenters. The Balaban J connectivity index is 2.13. The highest BCUT2D eigenvalue weighted by Gasteiger charge is 2.37. The van der Waals surface area contributed by atoms with Crippen LogP contribution in [-0.2, 0) is 11.2 Å². The molecule has 3 nitrogen and oxygen atoms in total. The van der Waals surface area contributed by atoms with E-state index in [-0.39, 0.29) is 5.60 Å². The highest BCUT2D eigenvalue weighted by molar-refractivity contribution is 5.33. The standard InChI is InChI=1S/C11H15NO2/c1-14-11(7-12-8-11)6-9-4-2-3-5-10(9)13/h2-5,12-13H,6-8H2,1H3. The lowest BCUT2D eigenvalue weighted by Gasteiger charge is -2.41. The molecular weight excluding hydrogens is 178 g/mol. The third kappa shape index (κ3) is 1.61. The number of nitrogens with one attached hydrogen (secondary N) is 1. The molecule has 3 heteroatoms. The Hall–Kier alpha value is -1.06. The van der Waals surface area contributed by atoms with Crippen LogP contribution in [0.25, 0.3) is 0 Å². The van der Waals surface area contributed by atoms with Crippen LogP contribution in [0.4, 0.5) is 0 Å². The van der Waals surface area contributed by atoms with E-state index in [1.165, 1.54) is 0 Å². The van der Waals surface area contributed by atoms with Crippen molar-refractivity contribution in [1.29, 1.82) is 0 Å². The molecule has 0 spiro atoms. The van der Waals surface area contributed by atoms with E-state index >= 15 is 0 Å². The first-order valence-corrected chi connectivity index (χ1v) is 4.78. The summed E-state index contributed by atoms with van der Waals surface area (Å²) in [4.78, 5) is 0. The van der Waals surface area contributed by atoms with Gasteiger partial charge in [0.2, 0.25) is 0 Å². The van der Waals surface area contributed by atoms with E-state index in [9.17, 15) is 5.11 Å². The van der Waals surface area contributed by atoms with Crippen LogP contribution >= 0.6 is 0 Å². The van der Waals surface area contributed by atoms with Crippen molar-refractivity contribution < 1.29 is 9.84 Å². The number of rotatable bonds is 3. The fourth-order valence-electron chi connectivity index (χ4n) is 1.75. The smallest absolute Gasteiger partial charge is 0.118 e. The number of hydrogen-bond donors (Lipinski definition) is 2. The summed E-state index contributed by atoms with van der Waals surface area (Å²) in [6, 6.07) is 7.42. The summed E-state index contributed by atoms with van der Waals surface area (Å²) in [6.07, 6.45) is 0.767. The molecular formula is C11H15NO2. The van der Waals surface area contributed by atoms with Crippen LogP contribution in [0.2, 0.25) is 0 Å². The van der Waals surface area contributed by atoms with Crippen molar-refractivity contribution in [1.82, 2.24) is 5.32 Å². The molecule has 0 aliphatic carbocycles. The Bertz CT molecular complexity index is 315. The molecule has 14 heavy (non-hydrogen) atoms. The molecule has 0 amide bonds. The van der Waals surface area contributed by atoms with E-state index in [4.69, 9.17) is 4.74 Å². The van der Waals surface area contributed by atoms with Gasteiger partial charge in [-0.3, -0.25) is 0 Å². The second-order valence-electron chi connectivity index (χ2n) is 3.80. The minimum atomic E-state index is -0.112. The average molecular weight is 193 g/mol. The van der Waals surface area contributed by atoms with Crippen LogP contribution in [0, 0.1) is 0 Å². The maximum atomic E-state index is 9.61. The normalized spacial score (nSPS) is 18.9. The summed E-state index contributed by atoms with van der Waals surface area (Å²) in [5.74, 6) is 0.357. The Morgan fingerprint density at radius 1 is 1.43 bits per heavy atom. The van der Waals surface area contributed by atoms with Crippen LogP contribution < -0.4 is 5.32 Å². The van der Waals surface area contributed by atoms with Gasteiger partial charge in [0.05, 0.1) is 5.60 Å². The average Bonchev–Trinajstić information content (AvgIpc) is 2.14. The minimum absolute atomic E-state index is 0.112. The number of ether oxygens (including phenoxy) is 1. The lowest BCUT2D eigenvalue weighted by molar-refractivity contribution is -0.0505. The molecule has 1 aliphatic heterocycles. The van der Waals surface area contributed by atoms with Gasteiger partial charge in [-0.05, 0) is 11.6 Å². The maximum Gasteiger partial charge on any atom is 0.118 e. The molecule has 1 saturated heterocycles. The molecule has 1 fully saturated rings. The summed E-state index contributed by atoms with van der Waals surface area (Å²) in [7, 11) is 1.72. The van der Waals surface area contributed by atoms with Gasteiger partial charge in [-0.25, -0.2) is 0 Å². The number of phenolic OH excluding ortho intramolecular Hbond substituents is 1. The van der Waals surface area contributed by atoms with E-state index in [0.29, 0.717) is 5.75 Å². The molecule has 0 radical (unpaired) electrons. The maximum absolute atomic E-state index is 9.61. The zero-order valence-electron chi connectivity index (χ0n) is 8.29. The highest BCUT2D eigenvalue weighted by Crippen LogP contribution is 2.26. The van der Waals surface area contributed by atoms with Crippen molar-refractivity contribution in [2.75, 3.05) is 20.2 Å². The molecule has 1 aromatic rings. The van der Waals surface area contributed by atoms with Gasteiger partial charge < -0.3 is 15.2 Å². The van der Waals surface area contributed by atoms with Gasteiger partial charge in [-0.2, -0.15) is 0 Å². The van der Waals surface area contributed by atoms with Crippen molar-refractivity contribution in [3.05, 3.63) is 29.8 Å². The summed E-state index contributed by atoms with van der Waals surface area (Å²) in [6.45, 7) is 1.72. The molecule has 0 saturated carbocycles. The third-order valence-corrected chi connectivity index (χ3v) is 2.83. The molecule has 0 unspecified atom stereocenters. The molecule has 1 aliphatic rings. The van der Waals surface area contributed by atoms with Gasteiger partial charge in [0.15, 0.2) is 0 Å². The van der Waals surface area contributed by atoms with Crippen LogP contribution in [-0.4, -0.2) is 30.9 Å². The summed E-state index contributed by atoms with van der Waals surface area (Å²) in [5, 5.41) is 12.8. The van der Waals surface area contributed by atoms with Gasteiger partial charge in [0.1, 0.15) is 5.75 Å². The largest absolute Gasteiger partial charge is 0.508 e. The van der Waals surface area contributed by atoms with Crippen molar-refractivity contribution >= 4 is 0 Å². The Labute approximate surface area is 83.7 Å². The second-order valence-corrected chi connectivity index (χ2v) is 3.80. The summed E-state index contributed by atoms with van der Waals surface area (Å²) >= 11 is 0. The molecule has 0 bridgehead atoms. The molecule has 76 valence electrons. The van der Waals surface area contributed by atoms with Crippen molar-refractivity contribution in [3.8, 4) is 5.75 Å². The molecule has 0 aromatic heterocycles.